The van der Waals surface area contributed by atoms with Gasteiger partial charge in [0.2, 0.25) is 15.9 Å². The number of nitrogens with one attached hydrogen (secondary N) is 2. The molecule has 1 heterocycles. The van der Waals surface area contributed by atoms with E-state index in [0.717, 1.165) is 12.8 Å². The molecule has 1 fully saturated rings. The minimum atomic E-state index is -3.65. The fraction of sp³-hybridized carbons (Fsp3) is 0.417. The zero-order valence-electron chi connectivity index (χ0n) is 19.0. The summed E-state index contributed by atoms with van der Waals surface area (Å²) in [6.45, 7) is 3.04. The highest BCUT2D eigenvalue weighted by Gasteiger charge is 2.33. The molecule has 0 radical (unpaired) electrons. The highest BCUT2D eigenvalue weighted by atomic mass is 35.5. The third-order valence-electron chi connectivity index (χ3n) is 5.73. The number of para-hydroxylation sites is 1. The van der Waals surface area contributed by atoms with Crippen molar-refractivity contribution in [1.29, 1.82) is 0 Å². The van der Waals surface area contributed by atoms with Crippen LogP contribution in [0.2, 0.25) is 10.0 Å². The Hall–Kier alpha value is -2.13. The number of piperidine rings is 1. The van der Waals surface area contributed by atoms with Crippen LogP contribution in [0.25, 0.3) is 0 Å². The van der Waals surface area contributed by atoms with Gasteiger partial charge in [0.1, 0.15) is 0 Å². The molecule has 1 aliphatic rings. The Morgan fingerprint density at radius 1 is 1.12 bits per heavy atom. The van der Waals surface area contributed by atoms with Crippen molar-refractivity contribution >= 4 is 50.7 Å². The van der Waals surface area contributed by atoms with Gasteiger partial charge in [0.15, 0.2) is 0 Å². The number of sulfonamides is 1. The molecule has 0 aromatic heterocycles. The summed E-state index contributed by atoms with van der Waals surface area (Å²) >= 11 is 11.9. The van der Waals surface area contributed by atoms with E-state index in [2.05, 4.69) is 10.6 Å². The first kappa shape index (κ1) is 26.5. The highest BCUT2D eigenvalue weighted by Crippen LogP contribution is 2.27. The van der Waals surface area contributed by atoms with Crippen LogP contribution in [-0.2, 0) is 20.6 Å². The summed E-state index contributed by atoms with van der Waals surface area (Å²) in [6.07, 6.45) is 2.97. The van der Waals surface area contributed by atoms with E-state index in [-0.39, 0.29) is 24.1 Å². The number of carbonyl (C=O) groups excluding carboxylic acids is 2. The Morgan fingerprint density at radius 3 is 2.62 bits per heavy atom. The van der Waals surface area contributed by atoms with E-state index in [1.807, 2.05) is 6.92 Å². The molecule has 2 amide bonds. The van der Waals surface area contributed by atoms with E-state index in [1.165, 1.54) is 10.4 Å². The van der Waals surface area contributed by atoms with Gasteiger partial charge in [-0.05, 0) is 49.1 Å². The Morgan fingerprint density at radius 2 is 1.88 bits per heavy atom. The number of benzene rings is 2. The smallest absolute Gasteiger partial charge is 0.253 e. The number of hydrogen-bond donors (Lipinski definition) is 2. The fourth-order valence-corrected chi connectivity index (χ4v) is 5.76. The molecule has 184 valence electrons. The quantitative estimate of drug-likeness (QED) is 0.463. The van der Waals surface area contributed by atoms with Crippen molar-refractivity contribution < 1.29 is 18.0 Å². The molecule has 34 heavy (non-hydrogen) atoms. The first-order valence-electron chi connectivity index (χ1n) is 11.3. The Labute approximate surface area is 210 Å². The largest absolute Gasteiger partial charge is 0.352 e. The number of halogens is 2. The topological polar surface area (TPSA) is 95.6 Å². The summed E-state index contributed by atoms with van der Waals surface area (Å²) in [4.78, 5) is 25.6. The second kappa shape index (κ2) is 12.0. The predicted molar refractivity (Wildman–Crippen MR) is 136 cm³/mol. The van der Waals surface area contributed by atoms with Gasteiger partial charge in [0.25, 0.3) is 5.91 Å². The van der Waals surface area contributed by atoms with Gasteiger partial charge in [-0.15, -0.1) is 0 Å². The third kappa shape index (κ3) is 6.95. The molecule has 0 saturated carbocycles. The molecular weight excluding hydrogens is 497 g/mol. The lowest BCUT2D eigenvalue weighted by molar-refractivity contribution is -0.120. The lowest BCUT2D eigenvalue weighted by Crippen LogP contribution is -2.44. The minimum Gasteiger partial charge on any atom is -0.352 e. The Kier molecular flexibility index (Phi) is 9.36. The molecule has 0 unspecified atom stereocenters. The Balaban J connectivity index is 1.67. The number of anilines is 1. The van der Waals surface area contributed by atoms with Crippen molar-refractivity contribution in [2.24, 2.45) is 5.92 Å². The SMILES string of the molecule is CCCCNC(=O)c1ccccc1NC(=O)[C@H]1CCCN(S(=O)(=O)Cc2ccc(Cl)c(Cl)c2)C1. The molecule has 1 saturated heterocycles. The van der Waals surface area contributed by atoms with Crippen LogP contribution in [-0.4, -0.2) is 44.2 Å². The molecule has 7 nitrogen and oxygen atoms in total. The maximum atomic E-state index is 13.0. The summed E-state index contributed by atoms with van der Waals surface area (Å²) in [5.41, 5.74) is 1.33. The maximum Gasteiger partial charge on any atom is 0.253 e. The monoisotopic (exact) mass is 525 g/mol. The zero-order valence-corrected chi connectivity index (χ0v) is 21.3. The van der Waals surface area contributed by atoms with Gasteiger partial charge in [-0.3, -0.25) is 9.59 Å². The molecule has 0 bridgehead atoms. The van der Waals surface area contributed by atoms with Crippen LogP contribution in [0.4, 0.5) is 5.69 Å². The van der Waals surface area contributed by atoms with Gasteiger partial charge in [0.05, 0.1) is 33.0 Å². The van der Waals surface area contributed by atoms with Crippen molar-refractivity contribution in [1.82, 2.24) is 9.62 Å². The van der Waals surface area contributed by atoms with E-state index < -0.39 is 15.9 Å². The standard InChI is InChI=1S/C24H29Cl2N3O4S/c1-2-3-12-27-24(31)19-8-4-5-9-22(19)28-23(30)18-7-6-13-29(15-18)34(32,33)16-17-10-11-20(25)21(26)14-17/h4-5,8-11,14,18H,2-3,6-7,12-13,15-16H2,1H3,(H,27,31)(H,28,30)/t18-/m0/s1. The van der Waals surface area contributed by atoms with Crippen molar-refractivity contribution in [2.45, 2.75) is 38.4 Å². The van der Waals surface area contributed by atoms with Crippen LogP contribution in [0.5, 0.6) is 0 Å². The molecule has 2 aromatic rings. The second-order valence-corrected chi connectivity index (χ2v) is 11.1. The van der Waals surface area contributed by atoms with E-state index in [1.54, 1.807) is 36.4 Å². The highest BCUT2D eigenvalue weighted by molar-refractivity contribution is 7.88. The van der Waals surface area contributed by atoms with Crippen LogP contribution < -0.4 is 10.6 Å². The second-order valence-electron chi connectivity index (χ2n) is 8.35. The summed E-state index contributed by atoms with van der Waals surface area (Å²) in [7, 11) is -3.65. The summed E-state index contributed by atoms with van der Waals surface area (Å²) in [5, 5.41) is 6.34. The molecule has 10 heteroatoms. The Bertz CT molecular complexity index is 1140. The fourth-order valence-electron chi connectivity index (χ4n) is 3.84. The van der Waals surface area contributed by atoms with E-state index in [4.69, 9.17) is 23.2 Å². The molecule has 3 rings (SSSR count). The molecule has 1 atom stereocenters. The molecule has 0 aliphatic carbocycles. The van der Waals surface area contributed by atoms with E-state index in [9.17, 15) is 18.0 Å². The van der Waals surface area contributed by atoms with Crippen LogP contribution >= 0.6 is 23.2 Å². The van der Waals surface area contributed by atoms with Crippen LogP contribution in [0, 0.1) is 5.92 Å². The van der Waals surface area contributed by atoms with E-state index >= 15 is 0 Å². The summed E-state index contributed by atoms with van der Waals surface area (Å²) in [5.74, 6) is -1.30. The van der Waals surface area contributed by atoms with Crippen LogP contribution in [0.3, 0.4) is 0 Å². The first-order chi connectivity index (χ1) is 16.2. The van der Waals surface area contributed by atoms with Crippen molar-refractivity contribution in [3.05, 3.63) is 63.6 Å². The molecular formula is C24H29Cl2N3O4S. The number of hydrogen-bond acceptors (Lipinski definition) is 4. The van der Waals surface area contributed by atoms with Gasteiger partial charge >= 0.3 is 0 Å². The number of carbonyl (C=O) groups is 2. The van der Waals surface area contributed by atoms with Crippen molar-refractivity contribution in [3.8, 4) is 0 Å². The zero-order chi connectivity index (χ0) is 24.7. The maximum absolute atomic E-state index is 13.0. The lowest BCUT2D eigenvalue weighted by atomic mass is 9.98. The van der Waals surface area contributed by atoms with Crippen molar-refractivity contribution in [3.63, 3.8) is 0 Å². The average Bonchev–Trinajstić information content (AvgIpc) is 2.82. The summed E-state index contributed by atoms with van der Waals surface area (Å²) in [6, 6.07) is 11.5. The molecule has 0 spiro atoms. The van der Waals surface area contributed by atoms with E-state index in [0.29, 0.717) is 52.8 Å². The van der Waals surface area contributed by atoms with Gasteiger partial charge < -0.3 is 10.6 Å². The number of unbranched alkanes of at least 4 members (excludes halogenated alkanes) is 1. The lowest BCUT2D eigenvalue weighted by Gasteiger charge is -2.31. The number of amides is 2. The van der Waals surface area contributed by atoms with Gasteiger partial charge in [0, 0.05) is 19.6 Å². The van der Waals surface area contributed by atoms with Crippen LogP contribution in [0.15, 0.2) is 42.5 Å². The van der Waals surface area contributed by atoms with Crippen molar-refractivity contribution in [2.75, 3.05) is 25.0 Å². The molecule has 1 aliphatic heterocycles. The minimum absolute atomic E-state index is 0.0837. The predicted octanol–water partition coefficient (Wildman–Crippen LogP) is 4.70. The summed E-state index contributed by atoms with van der Waals surface area (Å²) < 4.78 is 27.4. The van der Waals surface area contributed by atoms with Gasteiger partial charge in [-0.25, -0.2) is 12.7 Å². The van der Waals surface area contributed by atoms with Crippen LogP contribution in [0.1, 0.15) is 48.5 Å². The molecule has 2 N–H and O–H groups in total. The normalized spacial score (nSPS) is 16.7. The third-order valence-corrected chi connectivity index (χ3v) is 8.28. The number of rotatable bonds is 9. The number of nitrogens with zero attached hydrogens (tertiary/aromatic N) is 1. The van der Waals surface area contributed by atoms with Gasteiger partial charge in [-0.2, -0.15) is 0 Å². The van der Waals surface area contributed by atoms with Gasteiger partial charge in [-0.1, -0.05) is 54.7 Å². The first-order valence-corrected chi connectivity index (χ1v) is 13.7. The molecule has 2 aromatic carbocycles. The average molecular weight is 526 g/mol.